The van der Waals surface area contributed by atoms with Crippen molar-refractivity contribution in [3.8, 4) is 0 Å². The van der Waals surface area contributed by atoms with E-state index in [1.165, 1.54) is 12.1 Å². The molecule has 1 heterocycles. The van der Waals surface area contributed by atoms with Gasteiger partial charge in [0.25, 0.3) is 0 Å². The number of aryl methyl sites for hydroxylation is 1. The minimum absolute atomic E-state index is 0.138. The first kappa shape index (κ1) is 15.7. The maximum atomic E-state index is 12.4. The predicted octanol–water partition coefficient (Wildman–Crippen LogP) is 2.33. The van der Waals surface area contributed by atoms with E-state index in [0.29, 0.717) is 0 Å². The summed E-state index contributed by atoms with van der Waals surface area (Å²) >= 11 is 0. The van der Waals surface area contributed by atoms with Crippen LogP contribution in [-0.2, 0) is 19.6 Å². The predicted molar refractivity (Wildman–Crippen MR) is 85.2 cm³/mol. The minimum atomic E-state index is -3.75. The zero-order chi connectivity index (χ0) is 16.4. The third kappa shape index (κ3) is 3.43. The molecule has 5 nitrogen and oxygen atoms in total. The Balaban J connectivity index is 1.75. The number of esters is 1. The van der Waals surface area contributed by atoms with Gasteiger partial charge in [-0.2, -0.15) is 4.72 Å². The van der Waals surface area contributed by atoms with E-state index < -0.39 is 28.1 Å². The normalized spacial score (nSPS) is 21.2. The van der Waals surface area contributed by atoms with Crippen LogP contribution < -0.4 is 4.72 Å². The maximum absolute atomic E-state index is 12.4. The second kappa shape index (κ2) is 6.14. The quantitative estimate of drug-likeness (QED) is 0.873. The maximum Gasteiger partial charge on any atom is 0.324 e. The van der Waals surface area contributed by atoms with Gasteiger partial charge in [-0.1, -0.05) is 48.0 Å². The Hall–Kier alpha value is -2.18. The molecular weight excluding hydrogens is 314 g/mol. The van der Waals surface area contributed by atoms with Gasteiger partial charge in [0, 0.05) is 6.42 Å². The smallest absolute Gasteiger partial charge is 0.324 e. The van der Waals surface area contributed by atoms with Crippen LogP contribution >= 0.6 is 0 Å². The molecule has 3 rings (SSSR count). The van der Waals surface area contributed by atoms with Crippen LogP contribution in [0.2, 0.25) is 0 Å². The molecule has 120 valence electrons. The van der Waals surface area contributed by atoms with Crippen molar-refractivity contribution in [2.24, 2.45) is 0 Å². The largest absolute Gasteiger partial charge is 0.456 e. The minimum Gasteiger partial charge on any atom is -0.456 e. The monoisotopic (exact) mass is 331 g/mol. The van der Waals surface area contributed by atoms with Gasteiger partial charge in [0.05, 0.1) is 4.90 Å². The lowest BCUT2D eigenvalue weighted by atomic mass is 10.1. The van der Waals surface area contributed by atoms with Crippen LogP contribution in [0.25, 0.3) is 0 Å². The summed E-state index contributed by atoms with van der Waals surface area (Å²) in [6, 6.07) is 14.9. The van der Waals surface area contributed by atoms with Crippen molar-refractivity contribution < 1.29 is 17.9 Å². The standard InChI is InChI=1S/C17H17NO4S/c1-12-7-9-14(10-8-12)23(20,21)18-15-11-16(22-17(15)19)13-5-3-2-4-6-13/h2-10,15-16,18H,11H2,1H3/t15-,16+/m1/s1. The van der Waals surface area contributed by atoms with Gasteiger partial charge in [0.1, 0.15) is 12.1 Å². The van der Waals surface area contributed by atoms with Crippen molar-refractivity contribution in [2.45, 2.75) is 30.4 Å². The third-order valence-corrected chi connectivity index (χ3v) is 5.28. The molecule has 0 saturated carbocycles. The molecule has 2 aromatic carbocycles. The molecule has 2 atom stereocenters. The lowest BCUT2D eigenvalue weighted by molar-refractivity contribution is -0.142. The van der Waals surface area contributed by atoms with Crippen molar-refractivity contribution in [2.75, 3.05) is 0 Å². The van der Waals surface area contributed by atoms with Crippen molar-refractivity contribution in [3.63, 3.8) is 0 Å². The molecular formula is C17H17NO4S. The Labute approximate surface area is 135 Å². The molecule has 2 aromatic rings. The van der Waals surface area contributed by atoms with Crippen LogP contribution in [0.15, 0.2) is 59.5 Å². The van der Waals surface area contributed by atoms with E-state index in [0.717, 1.165) is 11.1 Å². The highest BCUT2D eigenvalue weighted by molar-refractivity contribution is 7.89. The number of hydrogen-bond donors (Lipinski definition) is 1. The van der Waals surface area contributed by atoms with Gasteiger partial charge in [0.2, 0.25) is 10.0 Å². The van der Waals surface area contributed by atoms with E-state index in [-0.39, 0.29) is 11.3 Å². The number of cyclic esters (lactones) is 1. The fourth-order valence-corrected chi connectivity index (χ4v) is 3.72. The second-order valence-corrected chi connectivity index (χ2v) is 7.27. The summed E-state index contributed by atoms with van der Waals surface area (Å²) in [5.74, 6) is -0.547. The zero-order valence-electron chi connectivity index (χ0n) is 12.6. The highest BCUT2D eigenvalue weighted by Crippen LogP contribution is 2.30. The summed E-state index contributed by atoms with van der Waals surface area (Å²) in [4.78, 5) is 12.1. The Morgan fingerprint density at radius 1 is 1.04 bits per heavy atom. The van der Waals surface area contributed by atoms with Gasteiger partial charge in [-0.15, -0.1) is 0 Å². The number of ether oxygens (including phenoxy) is 1. The van der Waals surface area contributed by atoms with Crippen LogP contribution in [0.5, 0.6) is 0 Å². The van der Waals surface area contributed by atoms with Gasteiger partial charge in [-0.05, 0) is 24.6 Å². The van der Waals surface area contributed by atoms with Gasteiger partial charge in [0.15, 0.2) is 0 Å². The van der Waals surface area contributed by atoms with Gasteiger partial charge >= 0.3 is 5.97 Å². The zero-order valence-corrected chi connectivity index (χ0v) is 13.4. The summed E-state index contributed by atoms with van der Waals surface area (Å²) in [5, 5.41) is 0. The molecule has 1 N–H and O–H groups in total. The lowest BCUT2D eigenvalue weighted by Crippen LogP contribution is -2.37. The summed E-state index contributed by atoms with van der Waals surface area (Å²) < 4.78 is 32.5. The van der Waals surface area contributed by atoms with Crippen molar-refractivity contribution in [1.82, 2.24) is 4.72 Å². The van der Waals surface area contributed by atoms with Crippen molar-refractivity contribution >= 4 is 16.0 Å². The van der Waals surface area contributed by atoms with E-state index in [1.54, 1.807) is 12.1 Å². The Morgan fingerprint density at radius 3 is 2.35 bits per heavy atom. The fourth-order valence-electron chi connectivity index (χ4n) is 2.52. The number of hydrogen-bond acceptors (Lipinski definition) is 4. The van der Waals surface area contributed by atoms with E-state index in [1.807, 2.05) is 37.3 Å². The van der Waals surface area contributed by atoms with Crippen LogP contribution in [0, 0.1) is 6.92 Å². The number of rotatable bonds is 4. The average molecular weight is 331 g/mol. The second-order valence-electron chi connectivity index (χ2n) is 5.56. The van der Waals surface area contributed by atoms with E-state index >= 15 is 0 Å². The summed E-state index contributed by atoms with van der Waals surface area (Å²) in [6.07, 6.45) is -0.136. The van der Waals surface area contributed by atoms with Gasteiger partial charge in [-0.3, -0.25) is 4.79 Å². The number of sulfonamides is 1. The molecule has 0 spiro atoms. The average Bonchev–Trinajstić information content (AvgIpc) is 2.89. The lowest BCUT2D eigenvalue weighted by Gasteiger charge is -2.10. The first-order valence-corrected chi connectivity index (χ1v) is 8.78. The molecule has 0 aliphatic carbocycles. The molecule has 0 amide bonds. The van der Waals surface area contributed by atoms with E-state index in [4.69, 9.17) is 4.74 Å². The first-order chi connectivity index (χ1) is 11.0. The molecule has 1 saturated heterocycles. The highest BCUT2D eigenvalue weighted by Gasteiger charge is 2.38. The molecule has 1 aliphatic heterocycles. The Bertz CT molecular complexity index is 800. The summed E-state index contributed by atoms with van der Waals surface area (Å²) in [6.45, 7) is 1.88. The van der Waals surface area contributed by atoms with Crippen LogP contribution in [0.1, 0.15) is 23.7 Å². The first-order valence-electron chi connectivity index (χ1n) is 7.30. The number of benzene rings is 2. The third-order valence-electron chi connectivity index (χ3n) is 3.79. The highest BCUT2D eigenvalue weighted by atomic mass is 32.2. The van der Waals surface area contributed by atoms with Gasteiger partial charge < -0.3 is 4.74 Å². The fraction of sp³-hybridized carbons (Fsp3) is 0.235. The molecule has 0 radical (unpaired) electrons. The molecule has 1 fully saturated rings. The van der Waals surface area contributed by atoms with Crippen LogP contribution in [-0.4, -0.2) is 20.4 Å². The topological polar surface area (TPSA) is 72.5 Å². The molecule has 1 aliphatic rings. The number of carbonyl (C=O) groups excluding carboxylic acids is 1. The Morgan fingerprint density at radius 2 is 1.70 bits per heavy atom. The SMILES string of the molecule is Cc1ccc(S(=O)(=O)N[C@@H]2C[C@@H](c3ccccc3)OC2=O)cc1. The van der Waals surface area contributed by atoms with Crippen LogP contribution in [0.3, 0.4) is 0 Å². The Kier molecular flexibility index (Phi) is 4.19. The number of carbonyl (C=O) groups is 1. The molecule has 0 unspecified atom stereocenters. The van der Waals surface area contributed by atoms with Crippen LogP contribution in [0.4, 0.5) is 0 Å². The molecule has 0 aromatic heterocycles. The molecule has 23 heavy (non-hydrogen) atoms. The van der Waals surface area contributed by atoms with E-state index in [2.05, 4.69) is 4.72 Å². The van der Waals surface area contributed by atoms with Crippen molar-refractivity contribution in [3.05, 3.63) is 65.7 Å². The van der Waals surface area contributed by atoms with Crippen molar-refractivity contribution in [1.29, 1.82) is 0 Å². The molecule has 0 bridgehead atoms. The summed E-state index contributed by atoms with van der Waals surface area (Å²) in [5.41, 5.74) is 1.83. The summed E-state index contributed by atoms with van der Waals surface area (Å²) in [7, 11) is -3.75. The number of nitrogens with one attached hydrogen (secondary N) is 1. The van der Waals surface area contributed by atoms with E-state index in [9.17, 15) is 13.2 Å². The van der Waals surface area contributed by atoms with Gasteiger partial charge in [-0.25, -0.2) is 8.42 Å². The molecule has 6 heteroatoms.